The van der Waals surface area contributed by atoms with Crippen molar-refractivity contribution in [2.75, 3.05) is 11.3 Å². The van der Waals surface area contributed by atoms with Gasteiger partial charge < -0.3 is 9.90 Å². The van der Waals surface area contributed by atoms with Crippen LogP contribution in [0.5, 0.6) is 0 Å². The first kappa shape index (κ1) is 17.5. The summed E-state index contributed by atoms with van der Waals surface area (Å²) >= 11 is 3.60. The Morgan fingerprint density at radius 3 is 2.35 bits per heavy atom. The molecule has 23 heavy (non-hydrogen) atoms. The average molecular weight is 365 g/mol. The lowest BCUT2D eigenvalue weighted by atomic mass is 9.49. The Bertz CT molecular complexity index is 516. The Morgan fingerprint density at radius 1 is 1.26 bits per heavy atom. The standard InChI is InChI=1S/C16H21F3O2S2/c1-22-9-23-15-5-10-2-11(6-15)4-14(3-10,8-15)7-12(13(20)21)16(17,18)19/h7,10-11H,2-6,8-9H2,1H3,(H,20,21)/p-1. The topological polar surface area (TPSA) is 40.1 Å². The average Bonchev–Trinajstić information content (AvgIpc) is 2.40. The van der Waals surface area contributed by atoms with Crippen molar-refractivity contribution >= 4 is 29.5 Å². The van der Waals surface area contributed by atoms with Gasteiger partial charge in [0.15, 0.2) is 0 Å². The fourth-order valence-electron chi connectivity index (χ4n) is 5.33. The van der Waals surface area contributed by atoms with E-state index in [1.165, 1.54) is 0 Å². The summed E-state index contributed by atoms with van der Waals surface area (Å²) in [7, 11) is 0. The fourth-order valence-corrected chi connectivity index (χ4v) is 7.90. The lowest BCUT2D eigenvalue weighted by Crippen LogP contribution is -2.54. The van der Waals surface area contributed by atoms with Crippen molar-refractivity contribution in [2.24, 2.45) is 17.3 Å². The van der Waals surface area contributed by atoms with Gasteiger partial charge in [-0.25, -0.2) is 0 Å². The molecule has 0 saturated heterocycles. The summed E-state index contributed by atoms with van der Waals surface area (Å²) in [5, 5.41) is 12.0. The van der Waals surface area contributed by atoms with E-state index in [0.29, 0.717) is 31.1 Å². The van der Waals surface area contributed by atoms with Crippen LogP contribution in [0.25, 0.3) is 0 Å². The summed E-state index contributed by atoms with van der Waals surface area (Å²) in [6.07, 6.45) is 3.48. The van der Waals surface area contributed by atoms with Crippen LogP contribution in [0.15, 0.2) is 11.6 Å². The molecule has 2 nitrogen and oxygen atoms in total. The first-order chi connectivity index (χ1) is 10.7. The summed E-state index contributed by atoms with van der Waals surface area (Å²) in [5.41, 5.74) is -2.09. The van der Waals surface area contributed by atoms with Crippen LogP contribution < -0.4 is 5.11 Å². The molecule has 0 aromatic rings. The number of carbonyl (C=O) groups is 1. The zero-order chi connectivity index (χ0) is 16.9. The molecule has 7 heteroatoms. The molecule has 4 rings (SSSR count). The summed E-state index contributed by atoms with van der Waals surface area (Å²) < 4.78 is 39.2. The van der Waals surface area contributed by atoms with Crippen LogP contribution in [-0.2, 0) is 4.79 Å². The Balaban J connectivity index is 1.93. The molecule has 0 heterocycles. The zero-order valence-electron chi connectivity index (χ0n) is 12.9. The first-order valence-corrected chi connectivity index (χ1v) is 10.2. The normalized spacial score (nSPS) is 39.7. The fraction of sp³-hybridized carbons (Fsp3) is 0.812. The predicted octanol–water partition coefficient (Wildman–Crippen LogP) is 3.62. The number of aliphatic carboxylic acids is 1. The third-order valence-electron chi connectivity index (χ3n) is 5.51. The number of hydrogen-bond acceptors (Lipinski definition) is 4. The molecule has 2 atom stereocenters. The van der Waals surface area contributed by atoms with Crippen LogP contribution in [0.1, 0.15) is 38.5 Å². The van der Waals surface area contributed by atoms with Gasteiger partial charge in [-0.1, -0.05) is 6.08 Å². The van der Waals surface area contributed by atoms with E-state index in [4.69, 9.17) is 0 Å². The van der Waals surface area contributed by atoms with Gasteiger partial charge in [0.25, 0.3) is 0 Å². The van der Waals surface area contributed by atoms with Crippen LogP contribution in [0.2, 0.25) is 0 Å². The van der Waals surface area contributed by atoms with E-state index in [9.17, 15) is 23.1 Å². The molecule has 0 aromatic carbocycles. The molecule has 0 spiro atoms. The van der Waals surface area contributed by atoms with Crippen molar-refractivity contribution in [1.29, 1.82) is 0 Å². The van der Waals surface area contributed by atoms with E-state index >= 15 is 0 Å². The number of allylic oxidation sites excluding steroid dienone is 1. The molecule has 0 amide bonds. The monoisotopic (exact) mass is 365 g/mol. The van der Waals surface area contributed by atoms with Crippen LogP contribution in [-0.4, -0.2) is 28.2 Å². The SMILES string of the molecule is CSCSC12CC3CC(CC(C=C(C(=O)[O-])C(F)(F)F)(C3)C1)C2. The minimum Gasteiger partial charge on any atom is -0.545 e. The van der Waals surface area contributed by atoms with E-state index in [1.807, 2.05) is 18.0 Å². The maximum absolute atomic E-state index is 13.1. The zero-order valence-corrected chi connectivity index (χ0v) is 14.6. The summed E-state index contributed by atoms with van der Waals surface area (Å²) in [5.74, 6) is -1.24. The highest BCUT2D eigenvalue weighted by molar-refractivity contribution is 8.16. The van der Waals surface area contributed by atoms with Gasteiger partial charge in [0.05, 0.1) is 11.5 Å². The predicted molar refractivity (Wildman–Crippen MR) is 85.0 cm³/mol. The van der Waals surface area contributed by atoms with Gasteiger partial charge >= 0.3 is 6.18 Å². The number of hydrogen-bond donors (Lipinski definition) is 0. The second-order valence-electron chi connectivity index (χ2n) is 7.40. The third kappa shape index (κ3) is 3.41. The van der Waals surface area contributed by atoms with E-state index in [0.717, 1.165) is 30.4 Å². The smallest absolute Gasteiger partial charge is 0.417 e. The highest BCUT2D eigenvalue weighted by atomic mass is 32.2. The van der Waals surface area contributed by atoms with E-state index in [-0.39, 0.29) is 4.75 Å². The second kappa shape index (κ2) is 5.90. The van der Waals surface area contributed by atoms with Crippen molar-refractivity contribution < 1.29 is 23.1 Å². The van der Waals surface area contributed by atoms with Gasteiger partial charge in [0, 0.05) is 9.83 Å². The molecule has 4 bridgehead atoms. The minimum atomic E-state index is -4.85. The van der Waals surface area contributed by atoms with Gasteiger partial charge in [-0.3, -0.25) is 0 Å². The Labute approximate surface area is 142 Å². The molecule has 2 unspecified atom stereocenters. The lowest BCUT2D eigenvalue weighted by Gasteiger charge is -2.61. The Hall–Kier alpha value is -0.300. The van der Waals surface area contributed by atoms with Gasteiger partial charge in [-0.05, 0) is 62.0 Å². The molecule has 0 aliphatic heterocycles. The van der Waals surface area contributed by atoms with Gasteiger partial charge in [0.1, 0.15) is 0 Å². The highest BCUT2D eigenvalue weighted by Gasteiger charge is 2.57. The maximum atomic E-state index is 13.1. The van der Waals surface area contributed by atoms with E-state index < -0.39 is 23.1 Å². The van der Waals surface area contributed by atoms with Crippen LogP contribution in [0.3, 0.4) is 0 Å². The molecular weight excluding hydrogens is 345 g/mol. The number of carboxylic acid groups (broad SMARTS) is 1. The number of rotatable bonds is 5. The van der Waals surface area contributed by atoms with Crippen molar-refractivity contribution in [1.82, 2.24) is 0 Å². The summed E-state index contributed by atoms with van der Waals surface area (Å²) in [6, 6.07) is 0. The Morgan fingerprint density at radius 2 is 1.87 bits per heavy atom. The molecule has 4 aliphatic carbocycles. The Kier molecular flexibility index (Phi) is 4.49. The second-order valence-corrected chi connectivity index (χ2v) is 10.1. The van der Waals surface area contributed by atoms with Crippen molar-refractivity contribution in [2.45, 2.75) is 49.4 Å². The van der Waals surface area contributed by atoms with Gasteiger partial charge in [-0.15, -0.1) is 11.8 Å². The van der Waals surface area contributed by atoms with Gasteiger partial charge in [0.2, 0.25) is 0 Å². The minimum absolute atomic E-state index is 0.0340. The summed E-state index contributed by atoms with van der Waals surface area (Å²) in [4.78, 5) is 11.0. The quantitative estimate of drug-likeness (QED) is 0.551. The molecule has 130 valence electrons. The molecule has 0 N–H and O–H groups in total. The first-order valence-electron chi connectivity index (χ1n) is 7.81. The molecule has 0 aromatic heterocycles. The van der Waals surface area contributed by atoms with Crippen molar-refractivity contribution in [3.05, 3.63) is 11.6 Å². The number of carboxylic acids is 1. The molecular formula is C16H20F3O2S2-. The third-order valence-corrected chi connectivity index (χ3v) is 8.02. The highest BCUT2D eigenvalue weighted by Crippen LogP contribution is 2.66. The van der Waals surface area contributed by atoms with Crippen LogP contribution >= 0.6 is 23.5 Å². The van der Waals surface area contributed by atoms with Crippen molar-refractivity contribution in [3.63, 3.8) is 0 Å². The van der Waals surface area contributed by atoms with Crippen LogP contribution in [0.4, 0.5) is 13.2 Å². The number of carbonyl (C=O) groups excluding carboxylic acids is 1. The summed E-state index contributed by atoms with van der Waals surface area (Å²) in [6.45, 7) is 0. The number of alkyl halides is 3. The lowest BCUT2D eigenvalue weighted by molar-refractivity contribution is -0.303. The van der Waals surface area contributed by atoms with E-state index in [1.54, 1.807) is 11.8 Å². The molecule has 0 radical (unpaired) electrons. The largest absolute Gasteiger partial charge is 0.545 e. The maximum Gasteiger partial charge on any atom is 0.417 e. The van der Waals surface area contributed by atoms with Crippen LogP contribution in [0, 0.1) is 17.3 Å². The van der Waals surface area contributed by atoms with Crippen molar-refractivity contribution in [3.8, 4) is 0 Å². The molecule has 4 fully saturated rings. The number of halogens is 3. The molecule has 4 aliphatic rings. The van der Waals surface area contributed by atoms with E-state index in [2.05, 4.69) is 0 Å². The molecule has 4 saturated carbocycles. The number of thioether (sulfide) groups is 2. The van der Waals surface area contributed by atoms with Gasteiger partial charge in [-0.2, -0.15) is 24.9 Å².